The summed E-state index contributed by atoms with van der Waals surface area (Å²) in [4.78, 5) is 15.4. The molecule has 0 aliphatic carbocycles. The van der Waals surface area contributed by atoms with Gasteiger partial charge in [0, 0.05) is 37.4 Å². The Morgan fingerprint density at radius 1 is 1.35 bits per heavy atom. The number of hydrogen-bond acceptors (Lipinski definition) is 4. The predicted molar refractivity (Wildman–Crippen MR) is 101 cm³/mol. The topological polar surface area (TPSA) is 75.7 Å². The molecule has 3 rings (SSSR count). The van der Waals surface area contributed by atoms with Gasteiger partial charge in [-0.05, 0) is 43.4 Å². The van der Waals surface area contributed by atoms with Gasteiger partial charge in [0.25, 0.3) is 0 Å². The van der Waals surface area contributed by atoms with Crippen LogP contribution < -0.4 is 4.72 Å². The molecule has 0 saturated carbocycles. The van der Waals surface area contributed by atoms with Crippen molar-refractivity contribution >= 4 is 27.5 Å². The number of benzene rings is 1. The minimum absolute atomic E-state index is 0.0445. The van der Waals surface area contributed by atoms with E-state index >= 15 is 0 Å². The normalized spacial score (nSPS) is 23.6. The van der Waals surface area contributed by atoms with E-state index in [-0.39, 0.29) is 11.9 Å². The quantitative estimate of drug-likeness (QED) is 0.837. The summed E-state index contributed by atoms with van der Waals surface area (Å²) in [6.45, 7) is 2.09. The van der Waals surface area contributed by atoms with Crippen LogP contribution in [0, 0.1) is 0 Å². The summed E-state index contributed by atoms with van der Waals surface area (Å²) in [5.41, 5.74) is 0.257. The Labute approximate surface area is 159 Å². The molecule has 2 fully saturated rings. The first-order valence-corrected chi connectivity index (χ1v) is 11.2. The maximum absolute atomic E-state index is 13.5. The van der Waals surface area contributed by atoms with Crippen molar-refractivity contribution < 1.29 is 17.9 Å². The summed E-state index contributed by atoms with van der Waals surface area (Å²) in [7, 11) is -3.30. The van der Waals surface area contributed by atoms with E-state index in [1.165, 1.54) is 0 Å². The maximum atomic E-state index is 13.5. The van der Waals surface area contributed by atoms with Crippen molar-refractivity contribution in [1.82, 2.24) is 9.62 Å². The first-order valence-electron chi connectivity index (χ1n) is 8.91. The second-order valence-corrected chi connectivity index (χ2v) is 9.40. The van der Waals surface area contributed by atoms with Crippen molar-refractivity contribution in [1.29, 1.82) is 0 Å². The Hall–Kier alpha value is -1.15. The molecule has 1 unspecified atom stereocenters. The van der Waals surface area contributed by atoms with Gasteiger partial charge in [0.2, 0.25) is 15.9 Å². The van der Waals surface area contributed by atoms with Gasteiger partial charge < -0.3 is 9.64 Å². The first-order chi connectivity index (χ1) is 12.3. The average Bonchev–Trinajstić information content (AvgIpc) is 2.60. The molecule has 26 heavy (non-hydrogen) atoms. The number of sulfonamides is 1. The molecule has 144 valence electrons. The Balaban J connectivity index is 1.86. The van der Waals surface area contributed by atoms with Crippen molar-refractivity contribution in [3.8, 4) is 0 Å². The summed E-state index contributed by atoms with van der Waals surface area (Å²) >= 11 is 6.18. The molecule has 2 aliphatic rings. The molecule has 1 aromatic rings. The highest BCUT2D eigenvalue weighted by Gasteiger charge is 2.45. The van der Waals surface area contributed by atoms with Gasteiger partial charge in [0.05, 0.1) is 11.7 Å². The Morgan fingerprint density at radius 2 is 2.08 bits per heavy atom. The molecule has 2 saturated heterocycles. The lowest BCUT2D eigenvalue weighted by molar-refractivity contribution is -0.142. The van der Waals surface area contributed by atoms with Crippen LogP contribution in [-0.4, -0.2) is 57.8 Å². The number of ether oxygens (including phenoxy) is 1. The number of nitrogens with zero attached hydrogens (tertiary/aromatic N) is 1. The molecular formula is C18H25ClN2O4S. The van der Waals surface area contributed by atoms with E-state index in [2.05, 4.69) is 4.72 Å². The number of likely N-dealkylation sites (tertiary alicyclic amines) is 1. The summed E-state index contributed by atoms with van der Waals surface area (Å²) in [5, 5.41) is 0.608. The largest absolute Gasteiger partial charge is 0.381 e. The number of amides is 1. The zero-order chi connectivity index (χ0) is 18.8. The number of rotatable bonds is 4. The zero-order valence-electron chi connectivity index (χ0n) is 14.9. The lowest BCUT2D eigenvalue weighted by Gasteiger charge is -2.42. The third-order valence-corrected chi connectivity index (χ3v) is 6.22. The van der Waals surface area contributed by atoms with Crippen LogP contribution in [0.1, 0.15) is 31.2 Å². The number of hydrogen-bond donors (Lipinski definition) is 1. The van der Waals surface area contributed by atoms with Crippen LogP contribution in [0.15, 0.2) is 24.3 Å². The molecule has 0 radical (unpaired) electrons. The Kier molecular flexibility index (Phi) is 5.91. The first kappa shape index (κ1) is 19.6. The van der Waals surface area contributed by atoms with E-state index in [1.807, 2.05) is 18.2 Å². The van der Waals surface area contributed by atoms with Crippen LogP contribution in [0.5, 0.6) is 0 Å². The van der Waals surface area contributed by atoms with Gasteiger partial charge in [-0.3, -0.25) is 4.79 Å². The molecule has 0 bridgehead atoms. The van der Waals surface area contributed by atoms with Gasteiger partial charge in [0.15, 0.2) is 0 Å². The van der Waals surface area contributed by atoms with Crippen molar-refractivity contribution in [2.45, 2.75) is 37.1 Å². The van der Waals surface area contributed by atoms with Crippen LogP contribution >= 0.6 is 11.6 Å². The second-order valence-electron chi connectivity index (χ2n) is 7.19. The van der Waals surface area contributed by atoms with Crippen molar-refractivity contribution in [3.05, 3.63) is 34.9 Å². The van der Waals surface area contributed by atoms with Crippen LogP contribution in [0.2, 0.25) is 5.02 Å². The minimum Gasteiger partial charge on any atom is -0.381 e. The molecular weight excluding hydrogens is 376 g/mol. The second kappa shape index (κ2) is 7.84. The van der Waals surface area contributed by atoms with Crippen LogP contribution in [0.4, 0.5) is 0 Å². The number of piperidine rings is 1. The number of nitrogens with one attached hydrogen (secondary N) is 1. The van der Waals surface area contributed by atoms with Gasteiger partial charge in [-0.15, -0.1) is 0 Å². The van der Waals surface area contributed by atoms with Gasteiger partial charge in [0.1, 0.15) is 0 Å². The summed E-state index contributed by atoms with van der Waals surface area (Å²) in [6, 6.07) is 7.24. The maximum Gasteiger partial charge on any atom is 0.233 e. The van der Waals surface area contributed by atoms with E-state index in [0.29, 0.717) is 44.2 Å². The minimum atomic E-state index is -3.30. The smallest absolute Gasteiger partial charge is 0.233 e. The van der Waals surface area contributed by atoms with Gasteiger partial charge in [-0.25, -0.2) is 13.1 Å². The van der Waals surface area contributed by atoms with Crippen molar-refractivity contribution in [2.24, 2.45) is 0 Å². The molecule has 0 spiro atoms. The highest BCUT2D eigenvalue weighted by molar-refractivity contribution is 7.88. The molecule has 1 aromatic carbocycles. The summed E-state index contributed by atoms with van der Waals surface area (Å²) in [5.74, 6) is 0.0445. The molecule has 1 atom stereocenters. The fraction of sp³-hybridized carbons (Fsp3) is 0.611. The van der Waals surface area contributed by atoms with Gasteiger partial charge in [-0.2, -0.15) is 0 Å². The fourth-order valence-electron chi connectivity index (χ4n) is 4.00. The van der Waals surface area contributed by atoms with Gasteiger partial charge in [-0.1, -0.05) is 23.7 Å². The molecule has 6 nitrogen and oxygen atoms in total. The molecule has 2 heterocycles. The lowest BCUT2D eigenvalue weighted by atomic mass is 9.72. The summed E-state index contributed by atoms with van der Waals surface area (Å²) in [6.07, 6.45) is 3.88. The van der Waals surface area contributed by atoms with E-state index in [9.17, 15) is 13.2 Å². The Bertz CT molecular complexity index is 762. The van der Waals surface area contributed by atoms with Crippen LogP contribution in [0.25, 0.3) is 0 Å². The third kappa shape index (κ3) is 4.39. The van der Waals surface area contributed by atoms with Gasteiger partial charge >= 0.3 is 0 Å². The molecule has 1 N–H and O–H groups in total. The molecule has 1 amide bonds. The van der Waals surface area contributed by atoms with E-state index in [4.69, 9.17) is 16.3 Å². The highest BCUT2D eigenvalue weighted by Crippen LogP contribution is 2.38. The average molecular weight is 401 g/mol. The Morgan fingerprint density at radius 3 is 2.73 bits per heavy atom. The van der Waals surface area contributed by atoms with Crippen molar-refractivity contribution in [3.63, 3.8) is 0 Å². The van der Waals surface area contributed by atoms with Crippen LogP contribution in [-0.2, 0) is 25.0 Å². The zero-order valence-corrected chi connectivity index (χ0v) is 16.5. The molecule has 8 heteroatoms. The molecule has 2 aliphatic heterocycles. The number of halogens is 1. The van der Waals surface area contributed by atoms with Crippen molar-refractivity contribution in [2.75, 3.05) is 32.6 Å². The third-order valence-electron chi connectivity index (χ3n) is 5.22. The van der Waals surface area contributed by atoms with E-state index < -0.39 is 15.4 Å². The predicted octanol–water partition coefficient (Wildman–Crippen LogP) is 1.93. The summed E-state index contributed by atoms with van der Waals surface area (Å²) < 4.78 is 31.3. The van der Waals surface area contributed by atoms with E-state index in [1.54, 1.807) is 11.0 Å². The molecule has 0 aromatic heterocycles. The van der Waals surface area contributed by atoms with E-state index in [0.717, 1.165) is 24.7 Å². The fourth-order valence-corrected chi connectivity index (χ4v) is 4.98. The standard InChI is InChI=1S/C18H25ClN2O4S/c1-26(23,24)20-16-6-3-9-21(13-16)17(22)18(7-10-25-11-8-18)14-4-2-5-15(19)12-14/h2,4-5,12,16,20H,3,6-11,13H2,1H3. The number of carbonyl (C=O) groups is 1. The monoisotopic (exact) mass is 400 g/mol. The highest BCUT2D eigenvalue weighted by atomic mass is 35.5. The van der Waals surface area contributed by atoms with Crippen LogP contribution in [0.3, 0.4) is 0 Å². The number of carbonyl (C=O) groups excluding carboxylic acids is 1. The lowest BCUT2D eigenvalue weighted by Crippen LogP contribution is -2.56. The SMILES string of the molecule is CS(=O)(=O)NC1CCCN(C(=O)C2(c3cccc(Cl)c3)CCOCC2)C1.